The van der Waals surface area contributed by atoms with Crippen LogP contribution in [0.25, 0.3) is 5.76 Å². The molecule has 1 aromatic rings. The Bertz CT molecular complexity index is 1180. The average Bonchev–Trinajstić information content (AvgIpc) is 2.82. The number of rotatable bonds is 8. The predicted octanol–water partition coefficient (Wildman–Crippen LogP) is 7.76. The first-order valence-corrected chi connectivity index (χ1v) is 13.4. The number of aliphatic hydroxyl groups is 1. The molecule has 0 saturated heterocycles. The van der Waals surface area contributed by atoms with Gasteiger partial charge in [-0.05, 0) is 85.0 Å². The topological polar surface area (TPSA) is 71.4 Å². The highest BCUT2D eigenvalue weighted by molar-refractivity contribution is 6.39. The Morgan fingerprint density at radius 2 is 1.51 bits per heavy atom. The van der Waals surface area contributed by atoms with E-state index in [-0.39, 0.29) is 29.5 Å². The Kier molecular flexibility index (Phi) is 8.62. The van der Waals surface area contributed by atoms with E-state index in [1.165, 1.54) is 11.1 Å². The molecule has 198 valence electrons. The van der Waals surface area contributed by atoms with Gasteiger partial charge in [0.15, 0.2) is 17.3 Å². The van der Waals surface area contributed by atoms with E-state index in [2.05, 4.69) is 12.2 Å². The van der Waals surface area contributed by atoms with Crippen molar-refractivity contribution in [2.75, 3.05) is 0 Å². The van der Waals surface area contributed by atoms with Crippen molar-refractivity contribution >= 4 is 23.1 Å². The molecule has 0 radical (unpaired) electrons. The maximum atomic E-state index is 14.3. The number of Topliss-reactive ketones (excluding diaryl/α,β-unsaturated/α-hetero) is 3. The van der Waals surface area contributed by atoms with Gasteiger partial charge >= 0.3 is 0 Å². The fourth-order valence-electron chi connectivity index (χ4n) is 6.05. The van der Waals surface area contributed by atoms with Gasteiger partial charge in [0.05, 0.1) is 11.3 Å². The van der Waals surface area contributed by atoms with Crippen LogP contribution in [0.5, 0.6) is 0 Å². The van der Waals surface area contributed by atoms with Crippen LogP contribution < -0.4 is 0 Å². The first kappa shape index (κ1) is 28.6. The Morgan fingerprint density at radius 1 is 0.919 bits per heavy atom. The monoisotopic (exact) mass is 502 g/mol. The van der Waals surface area contributed by atoms with Crippen LogP contribution in [0.3, 0.4) is 0 Å². The summed E-state index contributed by atoms with van der Waals surface area (Å²) in [5.41, 5.74) is 1.61. The van der Waals surface area contributed by atoms with E-state index in [0.29, 0.717) is 24.8 Å². The Morgan fingerprint density at radius 3 is 2.08 bits per heavy atom. The molecule has 4 nitrogen and oxygen atoms in total. The maximum absolute atomic E-state index is 14.3. The minimum atomic E-state index is -1.34. The molecule has 2 saturated carbocycles. The van der Waals surface area contributed by atoms with Gasteiger partial charge in [0.1, 0.15) is 11.3 Å². The zero-order chi connectivity index (χ0) is 27.5. The van der Waals surface area contributed by atoms with Gasteiger partial charge < -0.3 is 5.11 Å². The fourth-order valence-corrected chi connectivity index (χ4v) is 6.05. The molecular formula is C33H42O4. The summed E-state index contributed by atoms with van der Waals surface area (Å²) in [6.45, 7) is 14.1. The number of aliphatic hydroxyl groups excluding tert-OH is 1. The number of benzene rings is 1. The molecule has 37 heavy (non-hydrogen) atoms. The van der Waals surface area contributed by atoms with Crippen molar-refractivity contribution in [2.45, 2.75) is 80.6 Å². The third kappa shape index (κ3) is 5.49. The van der Waals surface area contributed by atoms with Crippen LogP contribution in [0.1, 0.15) is 86.1 Å². The molecule has 2 aliphatic carbocycles. The van der Waals surface area contributed by atoms with Gasteiger partial charge in [-0.25, -0.2) is 0 Å². The average molecular weight is 503 g/mol. The van der Waals surface area contributed by atoms with Crippen LogP contribution in [0, 0.1) is 22.7 Å². The molecule has 4 heteroatoms. The smallest absolute Gasteiger partial charge is 0.184 e. The molecule has 0 heterocycles. The summed E-state index contributed by atoms with van der Waals surface area (Å²) in [5, 5.41) is 11.3. The van der Waals surface area contributed by atoms with Crippen molar-refractivity contribution in [3.05, 3.63) is 76.4 Å². The Hall–Kier alpha value is -3.01. The van der Waals surface area contributed by atoms with Gasteiger partial charge in [-0.2, -0.15) is 0 Å². The first-order chi connectivity index (χ1) is 17.3. The van der Waals surface area contributed by atoms with E-state index in [4.69, 9.17) is 0 Å². The molecular weight excluding hydrogens is 460 g/mol. The Balaban J connectivity index is 2.27. The largest absolute Gasteiger partial charge is 0.506 e. The number of carbonyl (C=O) groups excluding carboxylic acids is 3. The highest BCUT2D eigenvalue weighted by Crippen LogP contribution is 2.60. The van der Waals surface area contributed by atoms with E-state index >= 15 is 0 Å². The van der Waals surface area contributed by atoms with Gasteiger partial charge in [0, 0.05) is 5.56 Å². The lowest BCUT2D eigenvalue weighted by molar-refractivity contribution is -0.163. The lowest BCUT2D eigenvalue weighted by Gasteiger charge is -2.55. The minimum Gasteiger partial charge on any atom is -0.506 e. The molecule has 1 aromatic carbocycles. The van der Waals surface area contributed by atoms with Gasteiger partial charge in [-0.3, -0.25) is 14.4 Å². The van der Waals surface area contributed by atoms with Crippen molar-refractivity contribution < 1.29 is 19.5 Å². The quantitative estimate of drug-likeness (QED) is 0.130. The van der Waals surface area contributed by atoms with Crippen LogP contribution in [0.4, 0.5) is 0 Å². The summed E-state index contributed by atoms with van der Waals surface area (Å²) in [6, 6.07) is 8.70. The van der Waals surface area contributed by atoms with Gasteiger partial charge in [0.25, 0.3) is 0 Å². The number of hydrogen-bond acceptors (Lipinski definition) is 4. The van der Waals surface area contributed by atoms with Crippen molar-refractivity contribution in [2.24, 2.45) is 22.7 Å². The SMILES string of the molecule is CC(C)=CCC[C@@]1(C)C2C(=O)C(=C(O)c3ccccc3)C(=O)[C@](CC=C(C)C)(C[C@@H]1CC=C(C)C)C2=O. The molecule has 2 fully saturated rings. The predicted molar refractivity (Wildman–Crippen MR) is 150 cm³/mol. The third-order valence-electron chi connectivity index (χ3n) is 8.28. The van der Waals surface area contributed by atoms with Crippen LogP contribution in [0.15, 0.2) is 70.9 Å². The van der Waals surface area contributed by atoms with Crippen LogP contribution in [-0.4, -0.2) is 22.5 Å². The number of carbonyl (C=O) groups is 3. The molecule has 0 spiro atoms. The molecule has 0 aromatic heterocycles. The standard InChI is InChI=1S/C33H42O4/c1-21(2)12-11-18-32(7)25(16-15-22(3)4)20-33(19-17-23(5)6)30(36)26(29(35)27(32)31(33)37)28(34)24-13-9-8-10-14-24/h8-10,12-15,17,25,27,34H,11,16,18-20H2,1-7H3/t25-,27?,32+,33-/m0/s1. The summed E-state index contributed by atoms with van der Waals surface area (Å²) in [7, 11) is 0. The lowest BCUT2D eigenvalue weighted by Crippen LogP contribution is -2.63. The molecule has 1 unspecified atom stereocenters. The van der Waals surface area contributed by atoms with Crippen molar-refractivity contribution in [1.29, 1.82) is 0 Å². The van der Waals surface area contributed by atoms with E-state index < -0.39 is 28.3 Å². The second-order valence-corrected chi connectivity index (χ2v) is 11.9. The number of ketones is 3. The number of allylic oxidation sites excluding steroid dienone is 7. The van der Waals surface area contributed by atoms with Gasteiger partial charge in [-0.1, -0.05) is 72.2 Å². The summed E-state index contributed by atoms with van der Waals surface area (Å²) in [5.74, 6) is -2.61. The highest BCUT2D eigenvalue weighted by Gasteiger charge is 2.67. The molecule has 2 aliphatic rings. The lowest BCUT2D eigenvalue weighted by atomic mass is 9.44. The van der Waals surface area contributed by atoms with Crippen molar-refractivity contribution in [1.82, 2.24) is 0 Å². The zero-order valence-corrected chi connectivity index (χ0v) is 23.5. The summed E-state index contributed by atoms with van der Waals surface area (Å²) in [6.07, 6.45) is 8.98. The molecule has 1 N–H and O–H groups in total. The van der Waals surface area contributed by atoms with Crippen molar-refractivity contribution in [3.8, 4) is 0 Å². The maximum Gasteiger partial charge on any atom is 0.184 e. The van der Waals surface area contributed by atoms with Crippen molar-refractivity contribution in [3.63, 3.8) is 0 Å². The first-order valence-electron chi connectivity index (χ1n) is 13.4. The highest BCUT2D eigenvalue weighted by atomic mass is 16.3. The van der Waals surface area contributed by atoms with Crippen LogP contribution in [-0.2, 0) is 14.4 Å². The third-order valence-corrected chi connectivity index (χ3v) is 8.28. The number of hydrogen-bond donors (Lipinski definition) is 1. The molecule has 0 amide bonds. The second-order valence-electron chi connectivity index (χ2n) is 11.9. The molecule has 4 atom stereocenters. The molecule has 0 aliphatic heterocycles. The fraction of sp³-hybridized carbons (Fsp3) is 0.485. The van der Waals surface area contributed by atoms with E-state index in [0.717, 1.165) is 12.0 Å². The molecule has 3 rings (SSSR count). The van der Waals surface area contributed by atoms with E-state index in [1.807, 2.05) is 60.6 Å². The minimum absolute atomic E-state index is 0.0189. The van der Waals surface area contributed by atoms with E-state index in [1.54, 1.807) is 24.3 Å². The van der Waals surface area contributed by atoms with Crippen LogP contribution in [0.2, 0.25) is 0 Å². The number of fused-ring (bicyclic) bond motifs is 2. The van der Waals surface area contributed by atoms with E-state index in [9.17, 15) is 19.5 Å². The summed E-state index contributed by atoms with van der Waals surface area (Å²) in [4.78, 5) is 42.6. The van der Waals surface area contributed by atoms with Gasteiger partial charge in [0.2, 0.25) is 0 Å². The summed E-state index contributed by atoms with van der Waals surface area (Å²) < 4.78 is 0. The molecule has 2 bridgehead atoms. The zero-order valence-electron chi connectivity index (χ0n) is 23.5. The summed E-state index contributed by atoms with van der Waals surface area (Å²) >= 11 is 0. The Labute approximate surface area is 222 Å². The normalized spacial score (nSPS) is 28.5. The van der Waals surface area contributed by atoms with Gasteiger partial charge in [-0.15, -0.1) is 0 Å². The van der Waals surface area contributed by atoms with Crippen LogP contribution >= 0.6 is 0 Å². The second kappa shape index (κ2) is 11.2.